The van der Waals surface area contributed by atoms with Crippen molar-refractivity contribution >= 4 is 0 Å². The second-order valence-electron chi connectivity index (χ2n) is 3.62. The molecule has 0 spiro atoms. The van der Waals surface area contributed by atoms with Crippen LogP contribution in [0.5, 0.6) is 0 Å². The molecule has 1 atom stereocenters. The van der Waals surface area contributed by atoms with Crippen molar-refractivity contribution in [3.05, 3.63) is 17.7 Å². The molecular formula is C10H19N3. The molecule has 0 aliphatic rings. The smallest absolute Gasteiger partial charge is 0.0951 e. The molecule has 1 aromatic heterocycles. The molecule has 0 aromatic carbocycles. The summed E-state index contributed by atoms with van der Waals surface area (Å²) in [4.78, 5) is 4.24. The summed E-state index contributed by atoms with van der Waals surface area (Å²) in [5, 5.41) is 0. The van der Waals surface area contributed by atoms with Gasteiger partial charge in [-0.05, 0) is 20.3 Å². The minimum Gasteiger partial charge on any atom is -0.333 e. The SMILES string of the molecule is CCCC(N)Cn1cnc(C)c1C. The van der Waals surface area contributed by atoms with Crippen molar-refractivity contribution in [1.82, 2.24) is 9.55 Å². The van der Waals surface area contributed by atoms with Crippen molar-refractivity contribution in [1.29, 1.82) is 0 Å². The number of rotatable bonds is 4. The molecule has 1 unspecified atom stereocenters. The van der Waals surface area contributed by atoms with Gasteiger partial charge in [0.2, 0.25) is 0 Å². The average Bonchev–Trinajstić information content (AvgIpc) is 2.37. The summed E-state index contributed by atoms with van der Waals surface area (Å²) in [7, 11) is 0. The first-order chi connectivity index (χ1) is 6.15. The number of aryl methyl sites for hydroxylation is 1. The summed E-state index contributed by atoms with van der Waals surface area (Å²) in [5.41, 5.74) is 8.27. The average molecular weight is 181 g/mol. The Morgan fingerprint density at radius 3 is 2.69 bits per heavy atom. The van der Waals surface area contributed by atoms with Gasteiger partial charge in [0.25, 0.3) is 0 Å². The Kier molecular flexibility index (Phi) is 3.48. The van der Waals surface area contributed by atoms with Crippen LogP contribution in [0.15, 0.2) is 6.33 Å². The molecule has 0 saturated heterocycles. The van der Waals surface area contributed by atoms with Crippen molar-refractivity contribution in [3.63, 3.8) is 0 Å². The molecule has 0 radical (unpaired) electrons. The Labute approximate surface area is 80.0 Å². The van der Waals surface area contributed by atoms with Crippen molar-refractivity contribution in [2.24, 2.45) is 5.73 Å². The maximum absolute atomic E-state index is 5.95. The highest BCUT2D eigenvalue weighted by Crippen LogP contribution is 2.06. The molecule has 2 N–H and O–H groups in total. The van der Waals surface area contributed by atoms with Gasteiger partial charge in [-0.15, -0.1) is 0 Å². The Hall–Kier alpha value is -0.830. The summed E-state index contributed by atoms with van der Waals surface area (Å²) in [5.74, 6) is 0. The zero-order valence-electron chi connectivity index (χ0n) is 8.75. The molecule has 1 heterocycles. The van der Waals surface area contributed by atoms with Crippen LogP contribution >= 0.6 is 0 Å². The van der Waals surface area contributed by atoms with Gasteiger partial charge in [-0.25, -0.2) is 4.98 Å². The Balaban J connectivity index is 2.58. The van der Waals surface area contributed by atoms with Crippen molar-refractivity contribution in [2.45, 2.75) is 46.2 Å². The molecule has 1 rings (SSSR count). The highest BCUT2D eigenvalue weighted by atomic mass is 15.1. The van der Waals surface area contributed by atoms with Crippen LogP contribution < -0.4 is 5.73 Å². The fourth-order valence-corrected chi connectivity index (χ4v) is 1.44. The highest BCUT2D eigenvalue weighted by Gasteiger charge is 2.06. The molecule has 0 aliphatic carbocycles. The summed E-state index contributed by atoms with van der Waals surface area (Å²) in [6.45, 7) is 7.16. The van der Waals surface area contributed by atoms with E-state index in [4.69, 9.17) is 5.73 Å². The van der Waals surface area contributed by atoms with Crippen molar-refractivity contribution in [3.8, 4) is 0 Å². The minimum atomic E-state index is 0.261. The standard InChI is InChI=1S/C10H19N3/c1-4-5-10(11)6-13-7-12-8(2)9(13)3/h7,10H,4-6,11H2,1-3H3. The van der Waals surface area contributed by atoms with Gasteiger partial charge in [0.15, 0.2) is 0 Å². The number of aromatic nitrogens is 2. The summed E-state index contributed by atoms with van der Waals surface area (Å²) >= 11 is 0. The van der Waals surface area contributed by atoms with Crippen LogP contribution in [0.25, 0.3) is 0 Å². The Bertz CT molecular complexity index is 265. The van der Waals surface area contributed by atoms with E-state index in [1.807, 2.05) is 13.3 Å². The first-order valence-electron chi connectivity index (χ1n) is 4.89. The lowest BCUT2D eigenvalue weighted by Crippen LogP contribution is -2.26. The fraction of sp³-hybridized carbons (Fsp3) is 0.700. The van der Waals surface area contributed by atoms with E-state index in [2.05, 4.69) is 23.4 Å². The van der Waals surface area contributed by atoms with E-state index in [1.54, 1.807) is 0 Å². The molecule has 0 aliphatic heterocycles. The third-order valence-electron chi connectivity index (χ3n) is 2.44. The molecule has 13 heavy (non-hydrogen) atoms. The number of nitrogens with two attached hydrogens (primary N) is 1. The monoisotopic (exact) mass is 181 g/mol. The van der Waals surface area contributed by atoms with Crippen molar-refractivity contribution < 1.29 is 0 Å². The van der Waals surface area contributed by atoms with Crippen LogP contribution in [0.2, 0.25) is 0 Å². The summed E-state index contributed by atoms with van der Waals surface area (Å²) in [6.07, 6.45) is 4.10. The van der Waals surface area contributed by atoms with Crippen LogP contribution in [0.1, 0.15) is 31.2 Å². The number of hydrogen-bond acceptors (Lipinski definition) is 2. The summed E-state index contributed by atoms with van der Waals surface area (Å²) in [6, 6.07) is 0.261. The molecule has 74 valence electrons. The Morgan fingerprint density at radius 1 is 1.54 bits per heavy atom. The predicted octanol–water partition coefficient (Wildman–Crippen LogP) is 1.63. The number of nitrogens with zero attached hydrogens (tertiary/aromatic N) is 2. The molecule has 0 fully saturated rings. The van der Waals surface area contributed by atoms with E-state index in [-0.39, 0.29) is 6.04 Å². The van der Waals surface area contributed by atoms with E-state index < -0.39 is 0 Å². The van der Waals surface area contributed by atoms with Crippen LogP contribution in [0.4, 0.5) is 0 Å². The van der Waals surface area contributed by atoms with Crippen molar-refractivity contribution in [2.75, 3.05) is 0 Å². The normalized spacial score (nSPS) is 13.2. The second-order valence-corrected chi connectivity index (χ2v) is 3.62. The second kappa shape index (κ2) is 4.42. The minimum absolute atomic E-state index is 0.261. The van der Waals surface area contributed by atoms with E-state index in [0.29, 0.717) is 0 Å². The third-order valence-corrected chi connectivity index (χ3v) is 2.44. The Morgan fingerprint density at radius 2 is 2.23 bits per heavy atom. The quantitative estimate of drug-likeness (QED) is 0.767. The fourth-order valence-electron chi connectivity index (χ4n) is 1.44. The van der Waals surface area contributed by atoms with Gasteiger partial charge < -0.3 is 10.3 Å². The van der Waals surface area contributed by atoms with Crippen LogP contribution in [-0.2, 0) is 6.54 Å². The number of hydrogen-bond donors (Lipinski definition) is 1. The van der Waals surface area contributed by atoms with Crippen LogP contribution in [0.3, 0.4) is 0 Å². The van der Waals surface area contributed by atoms with Gasteiger partial charge >= 0.3 is 0 Å². The topological polar surface area (TPSA) is 43.8 Å². The van der Waals surface area contributed by atoms with E-state index in [1.165, 1.54) is 5.69 Å². The molecule has 0 amide bonds. The van der Waals surface area contributed by atoms with E-state index in [9.17, 15) is 0 Å². The molecule has 1 aromatic rings. The molecule has 3 nitrogen and oxygen atoms in total. The molecule has 0 saturated carbocycles. The zero-order valence-corrected chi connectivity index (χ0v) is 8.75. The van der Waals surface area contributed by atoms with Crippen LogP contribution in [0, 0.1) is 13.8 Å². The van der Waals surface area contributed by atoms with Gasteiger partial charge in [0.1, 0.15) is 0 Å². The summed E-state index contributed by atoms with van der Waals surface area (Å²) < 4.78 is 2.13. The van der Waals surface area contributed by atoms with Gasteiger partial charge in [-0.1, -0.05) is 13.3 Å². The van der Waals surface area contributed by atoms with Gasteiger partial charge in [-0.2, -0.15) is 0 Å². The molecular weight excluding hydrogens is 162 g/mol. The first-order valence-corrected chi connectivity index (χ1v) is 4.89. The van der Waals surface area contributed by atoms with Gasteiger partial charge in [-0.3, -0.25) is 0 Å². The van der Waals surface area contributed by atoms with E-state index in [0.717, 1.165) is 25.1 Å². The lowest BCUT2D eigenvalue weighted by Gasteiger charge is -2.12. The third kappa shape index (κ3) is 2.56. The van der Waals surface area contributed by atoms with E-state index >= 15 is 0 Å². The lowest BCUT2D eigenvalue weighted by atomic mass is 10.2. The largest absolute Gasteiger partial charge is 0.333 e. The van der Waals surface area contributed by atoms with Crippen LogP contribution in [-0.4, -0.2) is 15.6 Å². The lowest BCUT2D eigenvalue weighted by molar-refractivity contribution is 0.508. The predicted molar refractivity (Wildman–Crippen MR) is 54.6 cm³/mol. The maximum atomic E-state index is 5.95. The molecule has 0 bridgehead atoms. The number of imidazole rings is 1. The zero-order chi connectivity index (χ0) is 9.84. The highest BCUT2D eigenvalue weighted by molar-refractivity contribution is 5.08. The first kappa shape index (κ1) is 10.3. The maximum Gasteiger partial charge on any atom is 0.0951 e. The molecule has 3 heteroatoms. The van der Waals surface area contributed by atoms with Gasteiger partial charge in [0.05, 0.1) is 12.0 Å². The van der Waals surface area contributed by atoms with Gasteiger partial charge in [0, 0.05) is 18.3 Å².